The summed E-state index contributed by atoms with van der Waals surface area (Å²) in [6.45, 7) is -13.7. The molecule has 1 aliphatic heterocycles. The number of Topliss-reactive ketones (excluding diaryl/α,β-unsaturated/α-hetero) is 1. The molecule has 0 saturated carbocycles. The van der Waals surface area contributed by atoms with Crippen molar-refractivity contribution in [1.29, 1.82) is 0 Å². The van der Waals surface area contributed by atoms with Gasteiger partial charge in [0, 0.05) is 50.1 Å². The SMILES string of the molecule is [2H]c1c([2H])c(C([2H])([2H])[2H])c(CC(=O)C([2H])([2H])N2CCN(C([2H])([2H])C([2H])(O)COc3ccccc3OC)CC2)c(C([2H])([2H])[2H])c1[2H]. The number of ketones is 1. The zero-order valence-electron chi connectivity index (χ0n) is 31.1. The van der Waals surface area contributed by atoms with E-state index < -0.39 is 86.4 Å². The summed E-state index contributed by atoms with van der Waals surface area (Å²) in [6, 6.07) is 3.54. The Hall–Kier alpha value is -2.41. The zero-order valence-corrected chi connectivity index (χ0v) is 17.1. The second-order valence-corrected chi connectivity index (χ2v) is 6.79. The van der Waals surface area contributed by atoms with E-state index in [1.807, 2.05) is 0 Å². The third-order valence-corrected chi connectivity index (χ3v) is 4.60. The molecule has 6 nitrogen and oxygen atoms in total. The van der Waals surface area contributed by atoms with Gasteiger partial charge in [0.2, 0.25) is 0 Å². The number of benzene rings is 2. The van der Waals surface area contributed by atoms with Crippen LogP contribution < -0.4 is 9.47 Å². The number of hydrogen-bond acceptors (Lipinski definition) is 6. The number of nitrogens with zero attached hydrogens (tertiary/aromatic N) is 2. The van der Waals surface area contributed by atoms with Gasteiger partial charge in [-0.15, -0.1) is 0 Å². The van der Waals surface area contributed by atoms with Crippen molar-refractivity contribution in [3.63, 3.8) is 0 Å². The minimum atomic E-state index is -3.15. The molecular weight excluding hydrogens is 392 g/mol. The summed E-state index contributed by atoms with van der Waals surface area (Å²) in [5.74, 6) is -0.790. The minimum Gasteiger partial charge on any atom is -0.493 e. The van der Waals surface area contributed by atoms with E-state index in [0.717, 1.165) is 9.80 Å². The fourth-order valence-corrected chi connectivity index (χ4v) is 3.01. The van der Waals surface area contributed by atoms with Crippen molar-refractivity contribution < 1.29 is 38.6 Å². The molecule has 1 atom stereocenters. The molecule has 0 radical (unpaired) electrons. The fraction of sp³-hybridized carbons (Fsp3) is 0.480. The molecule has 1 saturated heterocycles. The lowest BCUT2D eigenvalue weighted by Gasteiger charge is -2.35. The number of para-hydroxylation sites is 2. The molecule has 1 aliphatic rings. The van der Waals surface area contributed by atoms with Crippen LogP contribution in [0.4, 0.5) is 0 Å². The molecule has 2 aromatic carbocycles. The Balaban J connectivity index is 1.81. The lowest BCUT2D eigenvalue weighted by molar-refractivity contribution is -0.120. The number of ether oxygens (including phenoxy) is 2. The van der Waals surface area contributed by atoms with Gasteiger partial charge in [-0.25, -0.2) is 0 Å². The number of methoxy groups -OCH3 is 1. The molecule has 1 fully saturated rings. The van der Waals surface area contributed by atoms with E-state index >= 15 is 0 Å². The first-order valence-electron chi connectivity index (χ1n) is 16.6. The molecular formula is C25H34N2O4. The number of hydrogen-bond donors (Lipinski definition) is 1. The van der Waals surface area contributed by atoms with Crippen molar-refractivity contribution in [1.82, 2.24) is 9.80 Å². The second kappa shape index (κ2) is 11.3. The van der Waals surface area contributed by atoms with Crippen molar-refractivity contribution in [2.45, 2.75) is 26.2 Å². The lowest BCUT2D eigenvalue weighted by Crippen LogP contribution is -2.50. The summed E-state index contributed by atoms with van der Waals surface area (Å²) < 4.78 is 124. The highest BCUT2D eigenvalue weighted by atomic mass is 16.5. The maximum atomic E-state index is 13.4. The number of rotatable bonds is 10. The highest BCUT2D eigenvalue weighted by Gasteiger charge is 2.21. The third kappa shape index (κ3) is 6.79. The van der Waals surface area contributed by atoms with Gasteiger partial charge in [-0.3, -0.25) is 14.6 Å². The molecule has 0 amide bonds. The molecule has 0 bridgehead atoms. The first kappa shape index (κ1) is 10.9. The number of piperazine rings is 1. The molecule has 2 aromatic rings. The van der Waals surface area contributed by atoms with Crippen molar-refractivity contribution in [3.05, 3.63) is 59.1 Å². The summed E-state index contributed by atoms with van der Waals surface area (Å²) in [5.41, 5.74) is -2.55. The summed E-state index contributed by atoms with van der Waals surface area (Å²) in [4.78, 5) is 15.5. The Bertz CT molecular complexity index is 1360. The Labute approximate surface area is 205 Å². The first-order valence-corrected chi connectivity index (χ1v) is 9.63. The lowest BCUT2D eigenvalue weighted by atomic mass is 9.98. The average molecular weight is 441 g/mol. The first-order chi connectivity index (χ1) is 20.5. The molecule has 6 heteroatoms. The van der Waals surface area contributed by atoms with E-state index in [1.165, 1.54) is 13.2 Å². The van der Waals surface area contributed by atoms with Crippen LogP contribution in [-0.2, 0) is 11.2 Å². The van der Waals surface area contributed by atoms with E-state index in [1.54, 1.807) is 18.2 Å². The Kier molecular flexibility index (Phi) is 3.98. The van der Waals surface area contributed by atoms with E-state index in [9.17, 15) is 9.90 Å². The monoisotopic (exact) mass is 440 g/mol. The maximum absolute atomic E-state index is 13.4. The largest absolute Gasteiger partial charge is 0.493 e. The van der Waals surface area contributed by atoms with Gasteiger partial charge in [-0.05, 0) is 42.5 Å². The predicted octanol–water partition coefficient (Wildman–Crippen LogP) is 2.48. The number of carbonyl (C=O) groups excluding carboxylic acids is 1. The standard InChI is InChI=1S/C25H34N2O4/c1-19-7-6-8-20(2)23(19)15-21(28)16-26-11-13-27(14-12-26)17-22(29)18-31-25-10-5-4-9-24(25)30-3/h4-10,22,29H,11-18H2,1-3H3/i1D3,2D3,6D,7D,8D,16D2,17D2,22D. The number of aliphatic hydroxyl groups is 1. The van der Waals surface area contributed by atoms with Crippen LogP contribution in [0.2, 0.25) is 0 Å². The van der Waals surface area contributed by atoms with Crippen molar-refractivity contribution in [3.8, 4) is 11.5 Å². The van der Waals surface area contributed by atoms with E-state index in [0.29, 0.717) is 5.75 Å². The van der Waals surface area contributed by atoms with Crippen LogP contribution in [0, 0.1) is 13.7 Å². The van der Waals surface area contributed by atoms with Gasteiger partial charge in [0.25, 0.3) is 0 Å². The summed E-state index contributed by atoms with van der Waals surface area (Å²) in [6.07, 6.45) is -3.89. The van der Waals surface area contributed by atoms with Gasteiger partial charge in [-0.2, -0.15) is 0 Å². The topological polar surface area (TPSA) is 62.2 Å². The van der Waals surface area contributed by atoms with Gasteiger partial charge in [-0.1, -0.05) is 30.3 Å². The summed E-state index contributed by atoms with van der Waals surface area (Å²) in [7, 11) is 1.39. The molecule has 1 N–H and O–H groups in total. The molecule has 3 rings (SSSR count). The molecule has 0 aliphatic carbocycles. The second-order valence-electron chi connectivity index (χ2n) is 6.79. The quantitative estimate of drug-likeness (QED) is 0.612. The van der Waals surface area contributed by atoms with E-state index in [2.05, 4.69) is 0 Å². The molecule has 168 valence electrons. The van der Waals surface area contributed by atoms with E-state index in [4.69, 9.17) is 28.7 Å². The van der Waals surface area contributed by atoms with Gasteiger partial charge >= 0.3 is 0 Å². The van der Waals surface area contributed by atoms with Crippen LogP contribution in [0.1, 0.15) is 35.9 Å². The smallest absolute Gasteiger partial charge is 0.161 e. The maximum Gasteiger partial charge on any atom is 0.161 e. The molecule has 31 heavy (non-hydrogen) atoms. The number of β-amino-alcohol motifs (C(OH)–C–C–N with tert-alkyl or cyclic N) is 1. The van der Waals surface area contributed by atoms with Crippen molar-refractivity contribution >= 4 is 5.78 Å². The van der Waals surface area contributed by atoms with Gasteiger partial charge in [0.05, 0.1) is 21.8 Å². The van der Waals surface area contributed by atoms with Crippen LogP contribution in [0.3, 0.4) is 0 Å². The summed E-state index contributed by atoms with van der Waals surface area (Å²) >= 11 is 0. The fourth-order valence-electron chi connectivity index (χ4n) is 3.01. The van der Waals surface area contributed by atoms with Crippen LogP contribution in [-0.4, -0.2) is 79.7 Å². The van der Waals surface area contributed by atoms with E-state index in [-0.39, 0.29) is 31.9 Å². The van der Waals surface area contributed by atoms with Crippen molar-refractivity contribution in [2.24, 2.45) is 0 Å². The normalized spacial score (nSPS) is 25.5. The Morgan fingerprint density at radius 3 is 2.48 bits per heavy atom. The Morgan fingerprint density at radius 1 is 1.19 bits per heavy atom. The van der Waals surface area contributed by atoms with Crippen molar-refractivity contribution in [2.75, 3.05) is 52.9 Å². The van der Waals surface area contributed by atoms with Gasteiger partial charge in [0.15, 0.2) is 17.3 Å². The molecule has 1 unspecified atom stereocenters. The third-order valence-electron chi connectivity index (χ3n) is 4.60. The molecule has 1 heterocycles. The van der Waals surface area contributed by atoms with Crippen LogP contribution >= 0.6 is 0 Å². The van der Waals surface area contributed by atoms with Crippen LogP contribution in [0.25, 0.3) is 0 Å². The average Bonchev–Trinajstić information content (AvgIpc) is 2.93. The van der Waals surface area contributed by atoms with Gasteiger partial charge in [0.1, 0.15) is 12.7 Å². The Morgan fingerprint density at radius 2 is 1.84 bits per heavy atom. The minimum absolute atomic E-state index is 0.175. The molecule has 0 spiro atoms. The number of carbonyl (C=O) groups is 1. The zero-order chi connectivity index (χ0) is 34.3. The molecule has 0 aromatic heterocycles. The predicted molar refractivity (Wildman–Crippen MR) is 122 cm³/mol. The van der Waals surface area contributed by atoms with Crippen LogP contribution in [0.5, 0.6) is 11.5 Å². The highest BCUT2D eigenvalue weighted by Crippen LogP contribution is 2.25. The highest BCUT2D eigenvalue weighted by molar-refractivity contribution is 5.83. The van der Waals surface area contributed by atoms with Gasteiger partial charge < -0.3 is 14.6 Å². The van der Waals surface area contributed by atoms with Crippen LogP contribution in [0.15, 0.2) is 42.4 Å². The summed E-state index contributed by atoms with van der Waals surface area (Å²) in [5, 5.41) is 10.8.